The topological polar surface area (TPSA) is 75.4 Å². The van der Waals surface area contributed by atoms with E-state index < -0.39 is 10.2 Å². The Morgan fingerprint density at radius 3 is 2.55 bits per heavy atom. The number of nitrogens with two attached hydrogens (primary N) is 1. The molecule has 1 fully saturated rings. The molecular weight excluding hydrogens is 298 g/mol. The Labute approximate surface area is 133 Å². The first-order chi connectivity index (χ1) is 10.6. The molecule has 0 radical (unpaired) electrons. The van der Waals surface area contributed by atoms with Gasteiger partial charge in [-0.25, -0.2) is 0 Å². The van der Waals surface area contributed by atoms with E-state index in [4.69, 9.17) is 5.73 Å². The number of anilines is 1. The van der Waals surface area contributed by atoms with Crippen molar-refractivity contribution in [2.24, 2.45) is 0 Å². The molecular formula is C16H25N3O2S. The first kappa shape index (κ1) is 15.8. The van der Waals surface area contributed by atoms with Crippen molar-refractivity contribution in [3.05, 3.63) is 29.3 Å². The van der Waals surface area contributed by atoms with Crippen molar-refractivity contribution in [1.82, 2.24) is 9.03 Å². The molecule has 0 saturated carbocycles. The molecule has 3 rings (SSSR count). The molecule has 1 unspecified atom stereocenters. The quantitative estimate of drug-likeness (QED) is 0.839. The lowest BCUT2D eigenvalue weighted by molar-refractivity contribution is 0.401. The van der Waals surface area contributed by atoms with Crippen LogP contribution in [0.1, 0.15) is 55.7 Å². The van der Waals surface area contributed by atoms with Crippen molar-refractivity contribution in [2.75, 3.05) is 18.8 Å². The van der Waals surface area contributed by atoms with Gasteiger partial charge in [-0.15, -0.1) is 0 Å². The van der Waals surface area contributed by atoms with Crippen molar-refractivity contribution in [2.45, 2.75) is 51.0 Å². The second-order valence-electron chi connectivity index (χ2n) is 6.34. The lowest BCUT2D eigenvalue weighted by atomic mass is 9.88. The van der Waals surface area contributed by atoms with Gasteiger partial charge in [-0.1, -0.05) is 18.9 Å². The van der Waals surface area contributed by atoms with Gasteiger partial charge in [-0.05, 0) is 55.4 Å². The normalized spacial score (nSPS) is 23.7. The Bertz CT molecular complexity index is 622. The predicted molar refractivity (Wildman–Crippen MR) is 88.6 cm³/mol. The molecule has 1 aliphatic heterocycles. The van der Waals surface area contributed by atoms with E-state index in [1.165, 1.54) is 5.56 Å². The van der Waals surface area contributed by atoms with E-state index in [-0.39, 0.29) is 6.04 Å². The minimum Gasteiger partial charge on any atom is -0.399 e. The predicted octanol–water partition coefficient (Wildman–Crippen LogP) is 2.36. The summed E-state index contributed by atoms with van der Waals surface area (Å²) in [5.41, 5.74) is 8.85. The van der Waals surface area contributed by atoms with Gasteiger partial charge in [0.05, 0.1) is 0 Å². The van der Waals surface area contributed by atoms with Crippen molar-refractivity contribution in [3.63, 3.8) is 0 Å². The highest BCUT2D eigenvalue weighted by Crippen LogP contribution is 2.32. The molecule has 1 aromatic rings. The van der Waals surface area contributed by atoms with E-state index in [9.17, 15) is 8.42 Å². The van der Waals surface area contributed by atoms with Crippen molar-refractivity contribution >= 4 is 15.9 Å². The summed E-state index contributed by atoms with van der Waals surface area (Å²) >= 11 is 0. The Morgan fingerprint density at radius 2 is 1.82 bits per heavy atom. The number of nitrogens with zero attached hydrogens (tertiary/aromatic N) is 1. The number of rotatable bonds is 3. The third kappa shape index (κ3) is 3.45. The number of nitrogen functional groups attached to an aromatic ring is 1. The molecule has 0 amide bonds. The van der Waals surface area contributed by atoms with Crippen LogP contribution >= 0.6 is 0 Å². The molecule has 1 aliphatic carbocycles. The molecule has 2 aliphatic rings. The van der Waals surface area contributed by atoms with Gasteiger partial charge >= 0.3 is 0 Å². The maximum atomic E-state index is 12.7. The number of hydrogen-bond acceptors (Lipinski definition) is 3. The van der Waals surface area contributed by atoms with Crippen molar-refractivity contribution < 1.29 is 8.42 Å². The maximum absolute atomic E-state index is 12.7. The molecule has 1 aromatic carbocycles. The highest BCUT2D eigenvalue weighted by Gasteiger charge is 2.29. The largest absolute Gasteiger partial charge is 0.399 e. The number of benzene rings is 1. The van der Waals surface area contributed by atoms with Crippen LogP contribution in [0.3, 0.4) is 0 Å². The monoisotopic (exact) mass is 323 g/mol. The first-order valence-corrected chi connectivity index (χ1v) is 9.66. The van der Waals surface area contributed by atoms with E-state index in [1.807, 2.05) is 18.2 Å². The van der Waals surface area contributed by atoms with Gasteiger partial charge in [0, 0.05) is 24.8 Å². The second-order valence-corrected chi connectivity index (χ2v) is 8.04. The summed E-state index contributed by atoms with van der Waals surface area (Å²) < 4.78 is 29.9. The van der Waals surface area contributed by atoms with E-state index in [0.717, 1.165) is 56.2 Å². The van der Waals surface area contributed by atoms with Gasteiger partial charge in [-0.3, -0.25) is 0 Å². The Kier molecular flexibility index (Phi) is 4.70. The van der Waals surface area contributed by atoms with Crippen molar-refractivity contribution in [1.29, 1.82) is 0 Å². The Morgan fingerprint density at radius 1 is 1.09 bits per heavy atom. The van der Waals surface area contributed by atoms with Gasteiger partial charge in [-0.2, -0.15) is 17.4 Å². The third-order valence-electron chi connectivity index (χ3n) is 4.68. The molecule has 1 heterocycles. The van der Waals surface area contributed by atoms with Gasteiger partial charge in [0.25, 0.3) is 10.2 Å². The zero-order chi connectivity index (χ0) is 15.6. The maximum Gasteiger partial charge on any atom is 0.280 e. The molecule has 122 valence electrons. The van der Waals surface area contributed by atoms with Gasteiger partial charge in [0.2, 0.25) is 0 Å². The fourth-order valence-electron chi connectivity index (χ4n) is 3.49. The molecule has 0 aromatic heterocycles. The standard InChI is InChI=1S/C16H25N3O2S/c17-14-8-9-15-13(12-14)6-5-7-16(15)18-22(20,21)19-10-3-1-2-4-11-19/h8-9,12,16,18H,1-7,10-11,17H2. The summed E-state index contributed by atoms with van der Waals surface area (Å²) in [5, 5.41) is 0. The molecule has 22 heavy (non-hydrogen) atoms. The molecule has 5 nitrogen and oxygen atoms in total. The second kappa shape index (κ2) is 6.56. The van der Waals surface area contributed by atoms with Gasteiger partial charge in [0.15, 0.2) is 0 Å². The molecule has 1 atom stereocenters. The van der Waals surface area contributed by atoms with Crippen LogP contribution in [0.25, 0.3) is 0 Å². The molecule has 6 heteroatoms. The van der Waals surface area contributed by atoms with Gasteiger partial charge in [0.1, 0.15) is 0 Å². The fourth-order valence-corrected chi connectivity index (χ4v) is 4.99. The average molecular weight is 323 g/mol. The summed E-state index contributed by atoms with van der Waals surface area (Å²) in [6.45, 7) is 1.27. The number of fused-ring (bicyclic) bond motifs is 1. The van der Waals surface area contributed by atoms with Crippen LogP contribution in [0.2, 0.25) is 0 Å². The third-order valence-corrected chi connectivity index (χ3v) is 6.30. The molecule has 0 spiro atoms. The number of hydrogen-bond donors (Lipinski definition) is 2. The van der Waals surface area contributed by atoms with Crippen molar-refractivity contribution in [3.8, 4) is 0 Å². The van der Waals surface area contributed by atoms with E-state index >= 15 is 0 Å². The van der Waals surface area contributed by atoms with Crippen LogP contribution in [0.4, 0.5) is 5.69 Å². The lowest BCUT2D eigenvalue weighted by Gasteiger charge is -2.29. The fraction of sp³-hybridized carbons (Fsp3) is 0.625. The zero-order valence-corrected chi connectivity index (χ0v) is 13.7. The zero-order valence-electron chi connectivity index (χ0n) is 12.9. The van der Waals surface area contributed by atoms with E-state index in [1.54, 1.807) is 4.31 Å². The van der Waals surface area contributed by atoms with Crippen LogP contribution in [0, 0.1) is 0 Å². The van der Waals surface area contributed by atoms with Crippen LogP contribution < -0.4 is 10.5 Å². The minimum absolute atomic E-state index is 0.127. The van der Waals surface area contributed by atoms with Crippen LogP contribution in [-0.4, -0.2) is 25.8 Å². The summed E-state index contributed by atoms with van der Waals surface area (Å²) in [6.07, 6.45) is 6.97. The van der Waals surface area contributed by atoms with Crippen LogP contribution in [0.15, 0.2) is 18.2 Å². The Balaban J connectivity index is 1.78. The number of aryl methyl sites for hydroxylation is 1. The minimum atomic E-state index is -3.41. The Hall–Kier alpha value is -1.11. The summed E-state index contributed by atoms with van der Waals surface area (Å²) in [6, 6.07) is 5.68. The van der Waals surface area contributed by atoms with E-state index in [0.29, 0.717) is 13.1 Å². The molecule has 0 bridgehead atoms. The van der Waals surface area contributed by atoms with Crippen LogP contribution in [0.5, 0.6) is 0 Å². The SMILES string of the molecule is Nc1ccc2c(c1)CCCC2NS(=O)(=O)N1CCCCCC1. The highest BCUT2D eigenvalue weighted by molar-refractivity contribution is 7.87. The smallest absolute Gasteiger partial charge is 0.280 e. The average Bonchev–Trinajstić information content (AvgIpc) is 2.76. The molecule has 3 N–H and O–H groups in total. The summed E-state index contributed by atoms with van der Waals surface area (Å²) in [4.78, 5) is 0. The van der Waals surface area contributed by atoms with E-state index in [2.05, 4.69) is 4.72 Å². The van der Waals surface area contributed by atoms with Gasteiger partial charge < -0.3 is 5.73 Å². The van der Waals surface area contributed by atoms with Crippen LogP contribution in [-0.2, 0) is 16.6 Å². The lowest BCUT2D eigenvalue weighted by Crippen LogP contribution is -2.43. The first-order valence-electron chi connectivity index (χ1n) is 8.22. The number of nitrogens with one attached hydrogen (secondary N) is 1. The molecule has 1 saturated heterocycles. The summed E-state index contributed by atoms with van der Waals surface area (Å²) in [7, 11) is -3.41. The summed E-state index contributed by atoms with van der Waals surface area (Å²) in [5.74, 6) is 0. The highest BCUT2D eigenvalue weighted by atomic mass is 32.2.